The Morgan fingerprint density at radius 1 is 1.09 bits per heavy atom. The van der Waals surface area contributed by atoms with Crippen LogP contribution in [0.15, 0.2) is 48.5 Å². The molecule has 3 rings (SSSR count). The molecule has 0 heterocycles. The van der Waals surface area contributed by atoms with Gasteiger partial charge in [0.05, 0.1) is 0 Å². The molecule has 0 spiro atoms. The summed E-state index contributed by atoms with van der Waals surface area (Å²) in [7, 11) is 0. The number of rotatable bonds is 5. The molecular formula is C19H24ClNO2. The molecule has 0 unspecified atom stereocenters. The first-order chi connectivity index (χ1) is 10.7. The van der Waals surface area contributed by atoms with E-state index in [2.05, 4.69) is 0 Å². The van der Waals surface area contributed by atoms with Gasteiger partial charge in [-0.25, -0.2) is 0 Å². The molecule has 1 fully saturated rings. The summed E-state index contributed by atoms with van der Waals surface area (Å²) >= 11 is 0. The van der Waals surface area contributed by atoms with Crippen molar-refractivity contribution in [2.75, 3.05) is 0 Å². The van der Waals surface area contributed by atoms with Gasteiger partial charge in [0.25, 0.3) is 0 Å². The number of nitrogens with two attached hydrogens (primary N) is 1. The lowest BCUT2D eigenvalue weighted by Gasteiger charge is -2.20. The number of hydrogen-bond acceptors (Lipinski definition) is 3. The van der Waals surface area contributed by atoms with Gasteiger partial charge in [-0.1, -0.05) is 49.2 Å². The molecule has 23 heavy (non-hydrogen) atoms. The van der Waals surface area contributed by atoms with Crippen molar-refractivity contribution >= 4 is 12.4 Å². The van der Waals surface area contributed by atoms with Gasteiger partial charge in [-0.3, -0.25) is 0 Å². The van der Waals surface area contributed by atoms with Gasteiger partial charge in [0.15, 0.2) is 0 Å². The van der Waals surface area contributed by atoms with E-state index >= 15 is 0 Å². The van der Waals surface area contributed by atoms with Crippen LogP contribution in [-0.4, -0.2) is 5.11 Å². The highest BCUT2D eigenvalue weighted by Gasteiger charge is 2.25. The Kier molecular flexibility index (Phi) is 6.31. The van der Waals surface area contributed by atoms with Crippen molar-refractivity contribution in [3.8, 4) is 11.5 Å². The number of halogens is 1. The van der Waals surface area contributed by atoms with Crippen LogP contribution in [0.3, 0.4) is 0 Å². The highest BCUT2D eigenvalue weighted by atomic mass is 35.5. The highest BCUT2D eigenvalue weighted by Crippen LogP contribution is 2.38. The smallest absolute Gasteiger partial charge is 0.124 e. The summed E-state index contributed by atoms with van der Waals surface area (Å²) in [4.78, 5) is 0. The van der Waals surface area contributed by atoms with Gasteiger partial charge < -0.3 is 15.6 Å². The van der Waals surface area contributed by atoms with Crippen LogP contribution < -0.4 is 10.5 Å². The molecule has 0 aromatic heterocycles. The first-order valence-electron chi connectivity index (χ1n) is 7.99. The standard InChI is InChI=1S/C19H23NO2.ClH/c20-19(15-8-4-5-9-15)17-11-10-16(12-18(17)21)22-13-14-6-2-1-3-7-14;/h1-3,6-7,10-12,15,19,21H,4-5,8-9,13,20H2;1H/t19-;/m0./s1. The molecule has 124 valence electrons. The van der Waals surface area contributed by atoms with Crippen molar-refractivity contribution in [1.82, 2.24) is 0 Å². The summed E-state index contributed by atoms with van der Waals surface area (Å²) in [6, 6.07) is 15.4. The van der Waals surface area contributed by atoms with E-state index < -0.39 is 0 Å². The van der Waals surface area contributed by atoms with Crippen molar-refractivity contribution in [3.05, 3.63) is 59.7 Å². The van der Waals surface area contributed by atoms with Gasteiger partial charge in [-0.15, -0.1) is 12.4 Å². The first-order valence-corrected chi connectivity index (χ1v) is 7.99. The quantitative estimate of drug-likeness (QED) is 0.841. The average Bonchev–Trinajstić information content (AvgIpc) is 3.08. The summed E-state index contributed by atoms with van der Waals surface area (Å²) in [6.45, 7) is 0.494. The van der Waals surface area contributed by atoms with E-state index in [1.54, 1.807) is 6.07 Å². The largest absolute Gasteiger partial charge is 0.507 e. The highest BCUT2D eigenvalue weighted by molar-refractivity contribution is 5.85. The fourth-order valence-electron chi connectivity index (χ4n) is 3.21. The Morgan fingerprint density at radius 2 is 1.78 bits per heavy atom. The molecule has 4 heteroatoms. The summed E-state index contributed by atoms with van der Waals surface area (Å²) < 4.78 is 5.73. The molecule has 1 aliphatic rings. The van der Waals surface area contributed by atoms with Crippen LogP contribution in [0.25, 0.3) is 0 Å². The molecule has 0 bridgehead atoms. The maximum atomic E-state index is 10.3. The zero-order valence-corrected chi connectivity index (χ0v) is 14.0. The Morgan fingerprint density at radius 3 is 2.43 bits per heavy atom. The number of ether oxygens (including phenoxy) is 1. The molecule has 0 saturated heterocycles. The predicted molar refractivity (Wildman–Crippen MR) is 95.0 cm³/mol. The third-order valence-electron chi connectivity index (χ3n) is 4.52. The maximum Gasteiger partial charge on any atom is 0.124 e. The second-order valence-electron chi connectivity index (χ2n) is 6.07. The van der Waals surface area contributed by atoms with E-state index in [9.17, 15) is 5.11 Å². The van der Waals surface area contributed by atoms with Crippen molar-refractivity contribution in [1.29, 1.82) is 0 Å². The van der Waals surface area contributed by atoms with Gasteiger partial charge >= 0.3 is 0 Å². The minimum Gasteiger partial charge on any atom is -0.507 e. The molecule has 2 aromatic rings. The van der Waals surface area contributed by atoms with Crippen LogP contribution in [-0.2, 0) is 6.61 Å². The van der Waals surface area contributed by atoms with Gasteiger partial charge in [0.2, 0.25) is 0 Å². The average molecular weight is 334 g/mol. The Bertz CT molecular complexity index is 612. The number of aromatic hydroxyl groups is 1. The summed E-state index contributed by atoms with van der Waals surface area (Å²) in [5, 5.41) is 10.3. The van der Waals surface area contributed by atoms with E-state index in [1.807, 2.05) is 42.5 Å². The lowest BCUT2D eigenvalue weighted by Crippen LogP contribution is -2.19. The molecule has 0 amide bonds. The molecule has 1 saturated carbocycles. The zero-order valence-electron chi connectivity index (χ0n) is 13.2. The summed E-state index contributed by atoms with van der Waals surface area (Å²) in [5.74, 6) is 1.40. The van der Waals surface area contributed by atoms with Crippen molar-refractivity contribution in [2.45, 2.75) is 38.3 Å². The Balaban J connectivity index is 0.00000192. The third-order valence-corrected chi connectivity index (χ3v) is 4.52. The van der Waals surface area contributed by atoms with Crippen LogP contribution in [0, 0.1) is 5.92 Å². The summed E-state index contributed by atoms with van der Waals surface area (Å²) in [5.41, 5.74) is 8.25. The van der Waals surface area contributed by atoms with Crippen molar-refractivity contribution in [3.63, 3.8) is 0 Å². The van der Waals surface area contributed by atoms with Crippen LogP contribution in [0.1, 0.15) is 42.9 Å². The van der Waals surface area contributed by atoms with Crippen molar-refractivity contribution in [2.24, 2.45) is 11.7 Å². The minimum atomic E-state index is -0.0781. The van der Waals surface area contributed by atoms with E-state index in [4.69, 9.17) is 10.5 Å². The topological polar surface area (TPSA) is 55.5 Å². The Labute approximate surface area is 143 Å². The first kappa shape index (κ1) is 17.6. The SMILES string of the molecule is Cl.N[C@H](c1ccc(OCc2ccccc2)cc1O)C1CCCC1. The molecule has 3 N–H and O–H groups in total. The third kappa shape index (κ3) is 4.40. The molecule has 0 radical (unpaired) electrons. The van der Waals surface area contributed by atoms with Crippen LogP contribution in [0.4, 0.5) is 0 Å². The number of hydrogen-bond donors (Lipinski definition) is 2. The zero-order chi connectivity index (χ0) is 15.4. The monoisotopic (exact) mass is 333 g/mol. The number of phenols is 1. The van der Waals surface area contributed by atoms with Gasteiger partial charge in [0.1, 0.15) is 18.1 Å². The molecule has 2 aromatic carbocycles. The molecule has 0 aliphatic heterocycles. The van der Waals surface area contributed by atoms with Gasteiger partial charge in [-0.05, 0) is 30.4 Å². The van der Waals surface area contributed by atoms with Crippen LogP contribution in [0.5, 0.6) is 11.5 Å². The lowest BCUT2D eigenvalue weighted by atomic mass is 9.92. The van der Waals surface area contributed by atoms with Gasteiger partial charge in [0, 0.05) is 17.7 Å². The Hall–Kier alpha value is -1.71. The van der Waals surface area contributed by atoms with Crippen LogP contribution >= 0.6 is 12.4 Å². The van der Waals surface area contributed by atoms with Gasteiger partial charge in [-0.2, -0.15) is 0 Å². The fourth-order valence-corrected chi connectivity index (χ4v) is 3.21. The van der Waals surface area contributed by atoms with E-state index in [0.717, 1.165) is 24.0 Å². The minimum absolute atomic E-state index is 0. The summed E-state index contributed by atoms with van der Waals surface area (Å²) in [6.07, 6.45) is 4.81. The van der Waals surface area contributed by atoms with E-state index in [-0.39, 0.29) is 24.2 Å². The number of phenolic OH excluding ortho intramolecular Hbond substituents is 1. The van der Waals surface area contributed by atoms with E-state index in [0.29, 0.717) is 18.3 Å². The second kappa shape index (κ2) is 8.23. The molecule has 1 atom stereocenters. The van der Waals surface area contributed by atoms with E-state index in [1.165, 1.54) is 12.8 Å². The number of benzene rings is 2. The lowest BCUT2D eigenvalue weighted by molar-refractivity contribution is 0.303. The normalized spacial score (nSPS) is 15.9. The second-order valence-corrected chi connectivity index (χ2v) is 6.07. The van der Waals surface area contributed by atoms with Crippen LogP contribution in [0.2, 0.25) is 0 Å². The maximum absolute atomic E-state index is 10.3. The molecular weight excluding hydrogens is 310 g/mol. The predicted octanol–water partition coefficient (Wildman–Crippen LogP) is 4.58. The molecule has 3 nitrogen and oxygen atoms in total. The fraction of sp³-hybridized carbons (Fsp3) is 0.368. The molecule has 1 aliphatic carbocycles. The van der Waals surface area contributed by atoms with Crippen molar-refractivity contribution < 1.29 is 9.84 Å².